The maximum absolute atomic E-state index is 5.45. The van der Waals surface area contributed by atoms with E-state index in [1.54, 1.807) is 22.5 Å². The van der Waals surface area contributed by atoms with Gasteiger partial charge in [-0.3, -0.25) is 4.68 Å². The first kappa shape index (κ1) is 11.8. The lowest BCUT2D eigenvalue weighted by Crippen LogP contribution is -2.09. The minimum Gasteiger partial charge on any atom is -0.308 e. The summed E-state index contributed by atoms with van der Waals surface area (Å²) in [6.07, 6.45) is 3.63. The van der Waals surface area contributed by atoms with Crippen LogP contribution in [0.4, 0.5) is 5.82 Å². The molecule has 7 nitrogen and oxygen atoms in total. The molecular weight excluding hydrogens is 262 g/mol. The molecule has 0 fully saturated rings. The van der Waals surface area contributed by atoms with Crippen LogP contribution in [0.1, 0.15) is 0 Å². The molecule has 0 saturated carbocycles. The zero-order chi connectivity index (χ0) is 13.2. The SMILES string of the molecule is Cn1cc(-c2cc(NN)nc(-c3cscn3)n2)cn1. The minimum absolute atomic E-state index is 0.538. The van der Waals surface area contributed by atoms with Gasteiger partial charge in [-0.15, -0.1) is 11.3 Å². The van der Waals surface area contributed by atoms with Crippen LogP contribution in [0.25, 0.3) is 22.8 Å². The van der Waals surface area contributed by atoms with Crippen molar-refractivity contribution in [2.75, 3.05) is 5.43 Å². The van der Waals surface area contributed by atoms with Crippen molar-refractivity contribution in [2.45, 2.75) is 0 Å². The third-order valence-corrected chi connectivity index (χ3v) is 3.12. The van der Waals surface area contributed by atoms with Gasteiger partial charge in [0.05, 0.1) is 17.4 Å². The maximum atomic E-state index is 5.45. The first-order valence-electron chi connectivity index (χ1n) is 5.49. The Balaban J connectivity index is 2.12. The number of nitrogens with one attached hydrogen (secondary N) is 1. The number of rotatable bonds is 3. The average Bonchev–Trinajstić information content (AvgIpc) is 3.09. The number of anilines is 1. The summed E-state index contributed by atoms with van der Waals surface area (Å²) in [5, 5.41) is 6.02. The molecule has 3 N–H and O–H groups in total. The van der Waals surface area contributed by atoms with Crippen molar-refractivity contribution in [3.8, 4) is 22.8 Å². The van der Waals surface area contributed by atoms with Crippen molar-refractivity contribution in [3.63, 3.8) is 0 Å². The molecule has 0 saturated heterocycles. The summed E-state index contributed by atoms with van der Waals surface area (Å²) in [5.41, 5.74) is 6.66. The molecular formula is C11H11N7S. The van der Waals surface area contributed by atoms with Crippen molar-refractivity contribution in [1.29, 1.82) is 0 Å². The van der Waals surface area contributed by atoms with E-state index in [1.807, 2.05) is 18.6 Å². The fourth-order valence-electron chi connectivity index (χ4n) is 1.66. The summed E-state index contributed by atoms with van der Waals surface area (Å²) in [6.45, 7) is 0. The van der Waals surface area contributed by atoms with E-state index in [0.717, 1.165) is 17.0 Å². The molecule has 0 bridgehead atoms. The summed E-state index contributed by atoms with van der Waals surface area (Å²) < 4.78 is 1.72. The van der Waals surface area contributed by atoms with Gasteiger partial charge in [-0.1, -0.05) is 0 Å². The van der Waals surface area contributed by atoms with Crippen LogP contribution in [0.15, 0.2) is 29.4 Å². The zero-order valence-electron chi connectivity index (χ0n) is 10.1. The first-order chi connectivity index (χ1) is 9.26. The van der Waals surface area contributed by atoms with Gasteiger partial charge in [0.1, 0.15) is 11.5 Å². The van der Waals surface area contributed by atoms with E-state index >= 15 is 0 Å². The third-order valence-electron chi connectivity index (χ3n) is 2.54. The Kier molecular flexibility index (Phi) is 2.94. The second kappa shape index (κ2) is 4.75. The number of aryl methyl sites for hydroxylation is 1. The van der Waals surface area contributed by atoms with Crippen molar-refractivity contribution in [1.82, 2.24) is 24.7 Å². The van der Waals surface area contributed by atoms with Crippen LogP contribution >= 0.6 is 11.3 Å². The van der Waals surface area contributed by atoms with Crippen LogP contribution in [0, 0.1) is 0 Å². The molecule has 8 heteroatoms. The molecule has 0 aromatic carbocycles. The van der Waals surface area contributed by atoms with E-state index in [1.165, 1.54) is 11.3 Å². The summed E-state index contributed by atoms with van der Waals surface area (Å²) in [5.74, 6) is 6.52. The summed E-state index contributed by atoms with van der Waals surface area (Å²) in [6, 6.07) is 1.77. The summed E-state index contributed by atoms with van der Waals surface area (Å²) in [4.78, 5) is 13.0. The predicted molar refractivity (Wildman–Crippen MR) is 73.2 cm³/mol. The molecule has 96 valence electrons. The Bertz CT molecular complexity index is 689. The maximum Gasteiger partial charge on any atom is 0.181 e. The minimum atomic E-state index is 0.538. The second-order valence-electron chi connectivity index (χ2n) is 3.88. The first-order valence-corrected chi connectivity index (χ1v) is 6.44. The van der Waals surface area contributed by atoms with Gasteiger partial charge in [-0.25, -0.2) is 20.8 Å². The molecule has 19 heavy (non-hydrogen) atoms. The molecule has 0 spiro atoms. The van der Waals surface area contributed by atoms with Gasteiger partial charge in [0.15, 0.2) is 5.82 Å². The van der Waals surface area contributed by atoms with Gasteiger partial charge < -0.3 is 5.43 Å². The number of hydrogen-bond acceptors (Lipinski definition) is 7. The Morgan fingerprint density at radius 3 is 2.84 bits per heavy atom. The van der Waals surface area contributed by atoms with E-state index in [2.05, 4.69) is 25.5 Å². The smallest absolute Gasteiger partial charge is 0.181 e. The van der Waals surface area contributed by atoms with Crippen molar-refractivity contribution in [3.05, 3.63) is 29.4 Å². The van der Waals surface area contributed by atoms with Crippen molar-refractivity contribution < 1.29 is 0 Å². The van der Waals surface area contributed by atoms with E-state index in [-0.39, 0.29) is 0 Å². The van der Waals surface area contributed by atoms with Gasteiger partial charge >= 0.3 is 0 Å². The molecule has 0 unspecified atom stereocenters. The lowest BCUT2D eigenvalue weighted by Gasteiger charge is -2.04. The standard InChI is InChI=1S/C11H11N7S/c1-18-4-7(3-14-18)8-2-10(17-12)16-11(15-8)9-5-19-6-13-9/h2-6H,12H2,1H3,(H,15,16,17). The van der Waals surface area contributed by atoms with E-state index in [4.69, 9.17) is 5.84 Å². The number of nitrogen functional groups attached to an aromatic ring is 1. The van der Waals surface area contributed by atoms with Gasteiger partial charge in [0.25, 0.3) is 0 Å². The highest BCUT2D eigenvalue weighted by molar-refractivity contribution is 7.07. The number of nitrogens with zero attached hydrogens (tertiary/aromatic N) is 5. The molecule has 0 aliphatic rings. The molecule has 0 aliphatic heterocycles. The van der Waals surface area contributed by atoms with Gasteiger partial charge in [-0.2, -0.15) is 5.10 Å². The number of hydrogen-bond donors (Lipinski definition) is 2. The van der Waals surface area contributed by atoms with Crippen LogP contribution in [0.5, 0.6) is 0 Å². The highest BCUT2D eigenvalue weighted by atomic mass is 32.1. The lowest BCUT2D eigenvalue weighted by molar-refractivity contribution is 0.768. The van der Waals surface area contributed by atoms with Gasteiger partial charge in [0.2, 0.25) is 0 Å². The topological polar surface area (TPSA) is 94.5 Å². The van der Waals surface area contributed by atoms with Crippen LogP contribution < -0.4 is 11.3 Å². The number of thiazole rings is 1. The fourth-order valence-corrected chi connectivity index (χ4v) is 2.19. The summed E-state index contributed by atoms with van der Waals surface area (Å²) >= 11 is 1.49. The highest BCUT2D eigenvalue weighted by Gasteiger charge is 2.10. The molecule has 3 aromatic heterocycles. The van der Waals surface area contributed by atoms with Crippen molar-refractivity contribution >= 4 is 17.2 Å². The molecule has 3 aromatic rings. The summed E-state index contributed by atoms with van der Waals surface area (Å²) in [7, 11) is 1.86. The normalized spacial score (nSPS) is 10.6. The van der Waals surface area contributed by atoms with Gasteiger partial charge in [-0.05, 0) is 0 Å². The highest BCUT2D eigenvalue weighted by Crippen LogP contribution is 2.23. The van der Waals surface area contributed by atoms with Gasteiger partial charge in [0, 0.05) is 30.3 Å². The van der Waals surface area contributed by atoms with E-state index < -0.39 is 0 Å². The molecule has 0 radical (unpaired) electrons. The second-order valence-corrected chi connectivity index (χ2v) is 4.60. The van der Waals surface area contributed by atoms with E-state index in [0.29, 0.717) is 11.6 Å². The van der Waals surface area contributed by atoms with Crippen LogP contribution in [-0.2, 0) is 7.05 Å². The Morgan fingerprint density at radius 2 is 2.21 bits per heavy atom. The van der Waals surface area contributed by atoms with Crippen LogP contribution in [0.3, 0.4) is 0 Å². The number of nitrogens with two attached hydrogens (primary N) is 1. The molecule has 3 rings (SSSR count). The molecule has 3 heterocycles. The Hall–Kier alpha value is -2.32. The third kappa shape index (κ3) is 2.30. The molecule has 0 aliphatic carbocycles. The van der Waals surface area contributed by atoms with Crippen molar-refractivity contribution in [2.24, 2.45) is 12.9 Å². The lowest BCUT2D eigenvalue weighted by atomic mass is 10.2. The monoisotopic (exact) mass is 273 g/mol. The number of aromatic nitrogens is 5. The van der Waals surface area contributed by atoms with E-state index in [9.17, 15) is 0 Å². The molecule has 0 amide bonds. The zero-order valence-corrected chi connectivity index (χ0v) is 10.9. The quantitative estimate of drug-likeness (QED) is 0.551. The largest absolute Gasteiger partial charge is 0.308 e. The van der Waals surface area contributed by atoms with Crippen LogP contribution in [0.2, 0.25) is 0 Å². The average molecular weight is 273 g/mol. The fraction of sp³-hybridized carbons (Fsp3) is 0.0909. The Morgan fingerprint density at radius 1 is 1.32 bits per heavy atom. The Labute approximate surface area is 113 Å². The predicted octanol–water partition coefficient (Wildman–Crippen LogP) is 1.29. The molecule has 0 atom stereocenters. The van der Waals surface area contributed by atoms with Crippen LogP contribution in [-0.4, -0.2) is 24.7 Å². The number of hydrazine groups is 1.